The number of rotatable bonds is 2. The fourth-order valence-corrected chi connectivity index (χ4v) is 1.48. The van der Waals surface area contributed by atoms with Crippen LogP contribution < -0.4 is 0 Å². The Labute approximate surface area is 92.4 Å². The number of aliphatic hydroxyl groups excluding tert-OH is 1. The van der Waals surface area contributed by atoms with Gasteiger partial charge in [-0.25, -0.2) is 9.97 Å². The van der Waals surface area contributed by atoms with Crippen LogP contribution in [-0.4, -0.2) is 15.1 Å². The monoisotopic (exact) mass is 220 g/mol. The molecular formula is C11H9ClN2O. The van der Waals surface area contributed by atoms with Gasteiger partial charge in [-0.15, -0.1) is 0 Å². The molecule has 3 nitrogen and oxygen atoms in total. The molecule has 0 aliphatic carbocycles. The second-order valence-electron chi connectivity index (χ2n) is 3.01. The average molecular weight is 221 g/mol. The summed E-state index contributed by atoms with van der Waals surface area (Å²) in [7, 11) is 0. The van der Waals surface area contributed by atoms with Crippen molar-refractivity contribution in [2.24, 2.45) is 0 Å². The van der Waals surface area contributed by atoms with Gasteiger partial charge in [-0.2, -0.15) is 0 Å². The van der Waals surface area contributed by atoms with E-state index in [1.54, 1.807) is 18.3 Å². The Morgan fingerprint density at radius 1 is 1.20 bits per heavy atom. The Morgan fingerprint density at radius 2 is 2.00 bits per heavy atom. The molecule has 0 radical (unpaired) electrons. The van der Waals surface area contributed by atoms with E-state index in [0.29, 0.717) is 16.5 Å². The number of hydrogen-bond acceptors (Lipinski definition) is 3. The molecule has 2 aromatic rings. The molecule has 1 aromatic heterocycles. The molecule has 0 aliphatic heterocycles. The van der Waals surface area contributed by atoms with E-state index >= 15 is 0 Å². The van der Waals surface area contributed by atoms with Crippen LogP contribution in [0.4, 0.5) is 0 Å². The second kappa shape index (κ2) is 4.38. The Morgan fingerprint density at radius 3 is 2.73 bits per heavy atom. The largest absolute Gasteiger partial charge is 0.390 e. The molecular weight excluding hydrogens is 212 g/mol. The van der Waals surface area contributed by atoms with E-state index < -0.39 is 0 Å². The fraction of sp³-hybridized carbons (Fsp3) is 0.0909. The molecule has 1 aromatic carbocycles. The molecule has 1 heterocycles. The second-order valence-corrected chi connectivity index (χ2v) is 3.42. The van der Waals surface area contributed by atoms with Gasteiger partial charge in [0.1, 0.15) is 0 Å². The van der Waals surface area contributed by atoms with E-state index in [1.807, 2.05) is 18.2 Å². The predicted octanol–water partition coefficient (Wildman–Crippen LogP) is 2.29. The number of aromatic nitrogens is 2. The van der Waals surface area contributed by atoms with Gasteiger partial charge >= 0.3 is 0 Å². The zero-order valence-corrected chi connectivity index (χ0v) is 8.65. The predicted molar refractivity (Wildman–Crippen MR) is 58.4 cm³/mol. The molecule has 2 rings (SSSR count). The van der Waals surface area contributed by atoms with Gasteiger partial charge in [-0.05, 0) is 18.2 Å². The summed E-state index contributed by atoms with van der Waals surface area (Å²) in [5.41, 5.74) is 1.36. The molecule has 15 heavy (non-hydrogen) atoms. The zero-order chi connectivity index (χ0) is 10.7. The van der Waals surface area contributed by atoms with Crippen molar-refractivity contribution in [3.63, 3.8) is 0 Å². The SMILES string of the molecule is OCc1ccnc(-c2ccccc2Cl)n1. The molecule has 4 heteroatoms. The Bertz CT molecular complexity index is 474. The molecule has 0 atom stereocenters. The smallest absolute Gasteiger partial charge is 0.160 e. The highest BCUT2D eigenvalue weighted by atomic mass is 35.5. The maximum Gasteiger partial charge on any atom is 0.160 e. The third kappa shape index (κ3) is 2.14. The molecule has 0 bridgehead atoms. The summed E-state index contributed by atoms with van der Waals surface area (Å²) < 4.78 is 0. The van der Waals surface area contributed by atoms with Crippen LogP contribution in [0.15, 0.2) is 36.5 Å². The van der Waals surface area contributed by atoms with Crippen LogP contribution >= 0.6 is 11.6 Å². The van der Waals surface area contributed by atoms with Crippen molar-refractivity contribution in [3.05, 3.63) is 47.2 Å². The summed E-state index contributed by atoms with van der Waals surface area (Å²) in [5, 5.41) is 9.56. The fourth-order valence-electron chi connectivity index (χ4n) is 1.26. The summed E-state index contributed by atoms with van der Waals surface area (Å²) in [6.07, 6.45) is 1.61. The molecule has 1 N–H and O–H groups in total. The highest BCUT2D eigenvalue weighted by molar-refractivity contribution is 6.33. The summed E-state index contributed by atoms with van der Waals surface area (Å²) in [5.74, 6) is 0.534. The number of benzene rings is 1. The lowest BCUT2D eigenvalue weighted by Crippen LogP contribution is -1.94. The quantitative estimate of drug-likeness (QED) is 0.845. The van der Waals surface area contributed by atoms with Crippen LogP contribution in [0.1, 0.15) is 5.69 Å². The van der Waals surface area contributed by atoms with E-state index in [4.69, 9.17) is 16.7 Å². The summed E-state index contributed by atoms with van der Waals surface area (Å²) in [4.78, 5) is 8.29. The van der Waals surface area contributed by atoms with Crippen molar-refractivity contribution >= 4 is 11.6 Å². The van der Waals surface area contributed by atoms with E-state index in [2.05, 4.69) is 9.97 Å². The minimum absolute atomic E-state index is 0.0972. The van der Waals surface area contributed by atoms with Gasteiger partial charge in [-0.3, -0.25) is 0 Å². The Balaban J connectivity index is 2.49. The molecule has 0 saturated heterocycles. The van der Waals surface area contributed by atoms with Crippen LogP contribution in [0.2, 0.25) is 5.02 Å². The average Bonchev–Trinajstić information content (AvgIpc) is 2.30. The molecule has 0 fully saturated rings. The van der Waals surface area contributed by atoms with Crippen molar-refractivity contribution in [2.45, 2.75) is 6.61 Å². The van der Waals surface area contributed by atoms with Crippen molar-refractivity contribution in [1.29, 1.82) is 0 Å². The first-order valence-electron chi connectivity index (χ1n) is 4.49. The maximum atomic E-state index is 8.95. The highest BCUT2D eigenvalue weighted by Crippen LogP contribution is 2.24. The number of halogens is 1. The van der Waals surface area contributed by atoms with Gasteiger partial charge in [0, 0.05) is 11.8 Å². The molecule has 0 aliphatic rings. The van der Waals surface area contributed by atoms with Crippen LogP contribution in [0.5, 0.6) is 0 Å². The van der Waals surface area contributed by atoms with Crippen LogP contribution in [-0.2, 0) is 6.61 Å². The van der Waals surface area contributed by atoms with Gasteiger partial charge < -0.3 is 5.11 Å². The Kier molecular flexibility index (Phi) is 2.94. The van der Waals surface area contributed by atoms with Gasteiger partial charge in [0.15, 0.2) is 5.82 Å². The van der Waals surface area contributed by atoms with Crippen LogP contribution in [0, 0.1) is 0 Å². The van der Waals surface area contributed by atoms with E-state index in [9.17, 15) is 0 Å². The Hall–Kier alpha value is -1.45. The topological polar surface area (TPSA) is 46.0 Å². The van der Waals surface area contributed by atoms with Gasteiger partial charge in [-0.1, -0.05) is 23.7 Å². The zero-order valence-electron chi connectivity index (χ0n) is 7.89. The lowest BCUT2D eigenvalue weighted by atomic mass is 10.2. The summed E-state index contributed by atoms with van der Waals surface area (Å²) >= 11 is 6.01. The lowest BCUT2D eigenvalue weighted by molar-refractivity contribution is 0.277. The first-order valence-corrected chi connectivity index (χ1v) is 4.87. The standard InChI is InChI=1S/C11H9ClN2O/c12-10-4-2-1-3-9(10)11-13-6-5-8(7-15)14-11/h1-6,15H,7H2. The summed E-state index contributed by atoms with van der Waals surface area (Å²) in [6, 6.07) is 9.02. The highest BCUT2D eigenvalue weighted by Gasteiger charge is 2.05. The van der Waals surface area contributed by atoms with Crippen molar-refractivity contribution in [2.75, 3.05) is 0 Å². The minimum Gasteiger partial charge on any atom is -0.390 e. The van der Waals surface area contributed by atoms with Crippen molar-refractivity contribution in [1.82, 2.24) is 9.97 Å². The van der Waals surface area contributed by atoms with Crippen molar-refractivity contribution < 1.29 is 5.11 Å². The van der Waals surface area contributed by atoms with Gasteiger partial charge in [0.25, 0.3) is 0 Å². The minimum atomic E-state index is -0.0972. The van der Waals surface area contributed by atoms with Crippen LogP contribution in [0.3, 0.4) is 0 Å². The first-order chi connectivity index (χ1) is 7.31. The third-order valence-electron chi connectivity index (χ3n) is 1.99. The van der Waals surface area contributed by atoms with Crippen molar-refractivity contribution in [3.8, 4) is 11.4 Å². The number of hydrogen-bond donors (Lipinski definition) is 1. The molecule has 0 unspecified atom stereocenters. The third-order valence-corrected chi connectivity index (χ3v) is 2.32. The van der Waals surface area contributed by atoms with E-state index in [-0.39, 0.29) is 6.61 Å². The van der Waals surface area contributed by atoms with E-state index in [0.717, 1.165) is 5.56 Å². The summed E-state index contributed by atoms with van der Waals surface area (Å²) in [6.45, 7) is -0.0972. The maximum absolute atomic E-state index is 8.95. The molecule has 0 saturated carbocycles. The number of aliphatic hydroxyl groups is 1. The normalized spacial score (nSPS) is 10.3. The lowest BCUT2D eigenvalue weighted by Gasteiger charge is -2.03. The van der Waals surface area contributed by atoms with Crippen LogP contribution in [0.25, 0.3) is 11.4 Å². The van der Waals surface area contributed by atoms with Gasteiger partial charge in [0.05, 0.1) is 17.3 Å². The molecule has 76 valence electrons. The van der Waals surface area contributed by atoms with Gasteiger partial charge in [0.2, 0.25) is 0 Å². The molecule has 0 amide bonds. The number of nitrogens with zero attached hydrogens (tertiary/aromatic N) is 2. The first kappa shape index (κ1) is 10.1. The van der Waals surface area contributed by atoms with E-state index in [1.165, 1.54) is 0 Å². The molecule has 0 spiro atoms.